The first kappa shape index (κ1) is 22.7. The molecule has 29 heavy (non-hydrogen) atoms. The fourth-order valence-corrected chi connectivity index (χ4v) is 6.15. The SMILES string of the molecule is CC(C)CN1CCN(CCCNC(=O)CCCC[C@@H]2SC[C@@H]3NC(=O)N[C@@H]32)CC1. The Morgan fingerprint density at radius 1 is 1.14 bits per heavy atom. The van der Waals surface area contributed by atoms with Crippen LogP contribution in [0.15, 0.2) is 0 Å². The van der Waals surface area contributed by atoms with Gasteiger partial charge in [-0.3, -0.25) is 4.79 Å². The van der Waals surface area contributed by atoms with Crippen molar-refractivity contribution < 1.29 is 9.59 Å². The zero-order valence-corrected chi connectivity index (χ0v) is 18.9. The van der Waals surface area contributed by atoms with Crippen LogP contribution in [0.25, 0.3) is 0 Å². The Bertz CT molecular complexity index is 539. The van der Waals surface area contributed by atoms with Gasteiger partial charge in [0.05, 0.1) is 12.1 Å². The Labute approximate surface area is 180 Å². The average molecular weight is 426 g/mol. The second-order valence-electron chi connectivity index (χ2n) is 9.11. The molecule has 3 aliphatic heterocycles. The predicted octanol–water partition coefficient (Wildman–Crippen LogP) is 1.49. The molecule has 3 aliphatic rings. The van der Waals surface area contributed by atoms with Gasteiger partial charge in [-0.2, -0.15) is 11.8 Å². The molecule has 0 aliphatic carbocycles. The van der Waals surface area contributed by atoms with Gasteiger partial charge >= 0.3 is 6.03 Å². The summed E-state index contributed by atoms with van der Waals surface area (Å²) in [6, 6.07) is 0.537. The van der Waals surface area contributed by atoms with Crippen molar-refractivity contribution in [1.82, 2.24) is 25.8 Å². The highest BCUT2D eigenvalue weighted by Crippen LogP contribution is 2.33. The fourth-order valence-electron chi connectivity index (χ4n) is 4.60. The maximum Gasteiger partial charge on any atom is 0.315 e. The van der Waals surface area contributed by atoms with Gasteiger partial charge in [-0.15, -0.1) is 0 Å². The number of unbranched alkanes of at least 4 members (excludes halogenated alkanes) is 1. The monoisotopic (exact) mass is 425 g/mol. The van der Waals surface area contributed by atoms with Gasteiger partial charge in [0.25, 0.3) is 0 Å². The number of fused-ring (bicyclic) bond motifs is 1. The Kier molecular flexibility index (Phi) is 8.93. The van der Waals surface area contributed by atoms with Gasteiger partial charge in [-0.05, 0) is 31.7 Å². The molecule has 0 aromatic rings. The summed E-state index contributed by atoms with van der Waals surface area (Å²) in [6.45, 7) is 12.3. The van der Waals surface area contributed by atoms with Crippen LogP contribution in [-0.2, 0) is 4.79 Å². The molecule has 0 aromatic heterocycles. The lowest BCUT2D eigenvalue weighted by Gasteiger charge is -2.35. The van der Waals surface area contributed by atoms with Crippen molar-refractivity contribution in [3.8, 4) is 0 Å². The van der Waals surface area contributed by atoms with Gasteiger partial charge < -0.3 is 25.8 Å². The van der Waals surface area contributed by atoms with E-state index in [0.717, 1.165) is 63.5 Å². The van der Waals surface area contributed by atoms with Crippen molar-refractivity contribution >= 4 is 23.7 Å². The van der Waals surface area contributed by atoms with E-state index >= 15 is 0 Å². The summed E-state index contributed by atoms with van der Waals surface area (Å²) in [5.74, 6) is 1.92. The lowest BCUT2D eigenvalue weighted by Crippen LogP contribution is -2.47. The van der Waals surface area contributed by atoms with E-state index in [0.29, 0.717) is 17.7 Å². The van der Waals surface area contributed by atoms with Crippen LogP contribution in [-0.4, -0.2) is 90.6 Å². The summed E-state index contributed by atoms with van der Waals surface area (Å²) in [6.07, 6.45) is 4.70. The second kappa shape index (κ2) is 11.4. The molecule has 166 valence electrons. The Hall–Kier alpha value is -0.990. The Morgan fingerprint density at radius 2 is 1.90 bits per heavy atom. The van der Waals surface area contributed by atoms with Crippen LogP contribution in [0.4, 0.5) is 4.79 Å². The highest BCUT2D eigenvalue weighted by atomic mass is 32.2. The third-order valence-electron chi connectivity index (χ3n) is 6.14. The van der Waals surface area contributed by atoms with Crippen LogP contribution in [0.5, 0.6) is 0 Å². The molecule has 0 radical (unpaired) electrons. The van der Waals surface area contributed by atoms with Gasteiger partial charge in [0.15, 0.2) is 0 Å². The lowest BCUT2D eigenvalue weighted by atomic mass is 10.0. The van der Waals surface area contributed by atoms with E-state index < -0.39 is 0 Å². The van der Waals surface area contributed by atoms with Crippen LogP contribution in [0, 0.1) is 5.92 Å². The number of hydrogen-bond acceptors (Lipinski definition) is 5. The number of carbonyl (C=O) groups is 2. The topological polar surface area (TPSA) is 76.7 Å². The number of amides is 3. The highest BCUT2D eigenvalue weighted by Gasteiger charge is 2.42. The van der Waals surface area contributed by atoms with Crippen LogP contribution in [0.2, 0.25) is 0 Å². The number of rotatable bonds is 11. The van der Waals surface area contributed by atoms with Crippen molar-refractivity contribution in [2.45, 2.75) is 63.3 Å². The van der Waals surface area contributed by atoms with E-state index in [9.17, 15) is 9.59 Å². The third kappa shape index (κ3) is 7.33. The Morgan fingerprint density at radius 3 is 2.66 bits per heavy atom. The van der Waals surface area contributed by atoms with Crippen LogP contribution in [0.3, 0.4) is 0 Å². The van der Waals surface area contributed by atoms with Gasteiger partial charge in [0.2, 0.25) is 5.91 Å². The maximum atomic E-state index is 12.1. The number of carbonyl (C=O) groups excluding carboxylic acids is 2. The second-order valence-corrected chi connectivity index (χ2v) is 10.4. The van der Waals surface area contributed by atoms with Crippen molar-refractivity contribution in [1.29, 1.82) is 0 Å². The molecule has 0 spiro atoms. The number of nitrogens with zero attached hydrogens (tertiary/aromatic N) is 2. The number of hydrogen-bond donors (Lipinski definition) is 3. The van der Waals surface area contributed by atoms with E-state index in [1.807, 2.05) is 11.8 Å². The molecule has 3 atom stereocenters. The number of piperazine rings is 1. The number of urea groups is 1. The minimum absolute atomic E-state index is 0.0258. The summed E-state index contributed by atoms with van der Waals surface area (Å²) in [5, 5.41) is 9.58. The highest BCUT2D eigenvalue weighted by molar-refractivity contribution is 8.00. The summed E-state index contributed by atoms with van der Waals surface area (Å²) in [5.41, 5.74) is 0. The van der Waals surface area contributed by atoms with E-state index in [-0.39, 0.29) is 18.0 Å². The van der Waals surface area contributed by atoms with E-state index in [1.165, 1.54) is 19.6 Å². The molecule has 0 saturated carbocycles. The van der Waals surface area contributed by atoms with Crippen LogP contribution >= 0.6 is 11.8 Å². The molecule has 3 amide bonds. The van der Waals surface area contributed by atoms with Crippen molar-refractivity contribution in [2.24, 2.45) is 5.92 Å². The molecule has 0 unspecified atom stereocenters. The van der Waals surface area contributed by atoms with Crippen LogP contribution < -0.4 is 16.0 Å². The summed E-state index contributed by atoms with van der Waals surface area (Å²) >= 11 is 1.94. The van der Waals surface area contributed by atoms with E-state index in [2.05, 4.69) is 39.6 Å². The molecule has 3 heterocycles. The molecule has 3 saturated heterocycles. The van der Waals surface area contributed by atoms with Crippen molar-refractivity contribution in [3.05, 3.63) is 0 Å². The minimum Gasteiger partial charge on any atom is -0.356 e. The zero-order chi connectivity index (χ0) is 20.6. The molecule has 0 aromatic carbocycles. The fraction of sp³-hybridized carbons (Fsp3) is 0.905. The first-order valence-corrected chi connectivity index (χ1v) is 12.5. The number of thioether (sulfide) groups is 1. The number of nitrogens with one attached hydrogen (secondary N) is 3. The first-order valence-electron chi connectivity index (χ1n) is 11.4. The Balaban J connectivity index is 1.16. The van der Waals surface area contributed by atoms with Crippen molar-refractivity contribution in [3.63, 3.8) is 0 Å². The normalized spacial score (nSPS) is 27.7. The zero-order valence-electron chi connectivity index (χ0n) is 18.1. The smallest absolute Gasteiger partial charge is 0.315 e. The molecule has 7 nitrogen and oxygen atoms in total. The third-order valence-corrected chi connectivity index (χ3v) is 7.65. The first-order chi connectivity index (χ1) is 14.0. The maximum absolute atomic E-state index is 12.1. The van der Waals surface area contributed by atoms with E-state index in [4.69, 9.17) is 0 Å². The van der Waals surface area contributed by atoms with Gasteiger partial charge in [-0.25, -0.2) is 4.79 Å². The van der Waals surface area contributed by atoms with Crippen LogP contribution in [0.1, 0.15) is 46.0 Å². The minimum atomic E-state index is -0.0258. The lowest BCUT2D eigenvalue weighted by molar-refractivity contribution is -0.121. The van der Waals surface area contributed by atoms with Crippen molar-refractivity contribution in [2.75, 3.05) is 51.6 Å². The van der Waals surface area contributed by atoms with E-state index in [1.54, 1.807) is 0 Å². The summed E-state index contributed by atoms with van der Waals surface area (Å²) < 4.78 is 0. The molecule has 8 heteroatoms. The molecule has 3 N–H and O–H groups in total. The summed E-state index contributed by atoms with van der Waals surface area (Å²) in [4.78, 5) is 28.5. The molecule has 3 rings (SSSR count). The average Bonchev–Trinajstić information content (AvgIpc) is 3.22. The van der Waals surface area contributed by atoms with Gasteiger partial charge in [-0.1, -0.05) is 20.3 Å². The molecular formula is C21H39N5O2S. The molecule has 0 bridgehead atoms. The van der Waals surface area contributed by atoms with Gasteiger partial charge in [0.1, 0.15) is 0 Å². The standard InChI is InChI=1S/C21H39N5O2S/c1-16(2)14-26-12-10-25(11-13-26)9-5-8-22-19(27)7-4-3-6-18-20-17(15-29-18)23-21(28)24-20/h16-18,20H,3-15H2,1-2H3,(H,22,27)(H2,23,24,28)/t17-,18-,20-/m0/s1. The largest absolute Gasteiger partial charge is 0.356 e. The van der Waals surface area contributed by atoms with Gasteiger partial charge in [0, 0.05) is 56.7 Å². The predicted molar refractivity (Wildman–Crippen MR) is 119 cm³/mol. The summed E-state index contributed by atoms with van der Waals surface area (Å²) in [7, 11) is 0. The quantitative estimate of drug-likeness (QED) is 0.345. The molecule has 3 fully saturated rings. The molecular weight excluding hydrogens is 386 g/mol.